The van der Waals surface area contributed by atoms with E-state index < -0.39 is 0 Å². The summed E-state index contributed by atoms with van der Waals surface area (Å²) in [6.45, 7) is 0.862. The minimum Gasteiger partial charge on any atom is -0.327 e. The van der Waals surface area contributed by atoms with Gasteiger partial charge in [-0.05, 0) is 6.07 Å². The highest BCUT2D eigenvalue weighted by molar-refractivity contribution is 6.01. The van der Waals surface area contributed by atoms with Gasteiger partial charge in [0.05, 0.1) is 17.4 Å². The van der Waals surface area contributed by atoms with Gasteiger partial charge < -0.3 is 14.4 Å². The summed E-state index contributed by atoms with van der Waals surface area (Å²) in [7, 11) is 3.37. The highest BCUT2D eigenvalue weighted by Crippen LogP contribution is 2.17. The molecule has 3 heterocycles. The van der Waals surface area contributed by atoms with Crippen LogP contribution in [0.15, 0.2) is 35.5 Å². The van der Waals surface area contributed by atoms with Crippen LogP contribution in [0.25, 0.3) is 0 Å². The zero-order chi connectivity index (χ0) is 16.6. The van der Waals surface area contributed by atoms with E-state index in [1.54, 1.807) is 36.1 Å². The number of pyridine rings is 1. The Morgan fingerprint density at radius 1 is 1.13 bits per heavy atom. The van der Waals surface area contributed by atoms with Crippen LogP contribution >= 0.6 is 0 Å². The fraction of sp³-hybridized carbons (Fsp3) is 0.333. The zero-order valence-electron chi connectivity index (χ0n) is 13.0. The van der Waals surface area contributed by atoms with Crippen molar-refractivity contribution in [2.75, 3.05) is 24.5 Å². The number of carbonyl (C=O) groups is 2. The predicted octanol–water partition coefficient (Wildman–Crippen LogP) is -0.392. The number of rotatable bonds is 2. The van der Waals surface area contributed by atoms with Gasteiger partial charge in [-0.25, -0.2) is 0 Å². The summed E-state index contributed by atoms with van der Waals surface area (Å²) >= 11 is 0. The Morgan fingerprint density at radius 3 is 2.52 bits per heavy atom. The lowest BCUT2D eigenvalue weighted by Gasteiger charge is -2.33. The molecule has 8 nitrogen and oxygen atoms in total. The van der Waals surface area contributed by atoms with E-state index in [2.05, 4.69) is 5.10 Å². The van der Waals surface area contributed by atoms with E-state index in [1.807, 2.05) is 0 Å². The van der Waals surface area contributed by atoms with Crippen molar-refractivity contribution >= 4 is 17.5 Å². The quantitative estimate of drug-likeness (QED) is 0.756. The SMILES string of the molecule is Cn1cc(N2CCN(C(=O)c3ccc(=O)n(C)c3)CC2=O)cn1. The number of hydrogen-bond acceptors (Lipinski definition) is 4. The van der Waals surface area contributed by atoms with Crippen molar-refractivity contribution in [2.45, 2.75) is 0 Å². The maximum Gasteiger partial charge on any atom is 0.255 e. The molecule has 2 amide bonds. The number of hydrogen-bond donors (Lipinski definition) is 0. The van der Waals surface area contributed by atoms with E-state index in [1.165, 1.54) is 27.8 Å². The number of piperazine rings is 1. The van der Waals surface area contributed by atoms with Crippen LogP contribution in [0.3, 0.4) is 0 Å². The summed E-state index contributed by atoms with van der Waals surface area (Å²) in [5.41, 5.74) is 0.945. The fourth-order valence-corrected chi connectivity index (χ4v) is 2.57. The average molecular weight is 315 g/mol. The van der Waals surface area contributed by atoms with Gasteiger partial charge in [-0.2, -0.15) is 5.10 Å². The molecule has 1 fully saturated rings. The van der Waals surface area contributed by atoms with Gasteiger partial charge in [0, 0.05) is 45.6 Å². The first-order valence-electron chi connectivity index (χ1n) is 7.20. The first-order valence-corrected chi connectivity index (χ1v) is 7.20. The number of carbonyl (C=O) groups excluding carboxylic acids is 2. The van der Waals surface area contributed by atoms with Gasteiger partial charge in [-0.3, -0.25) is 19.1 Å². The smallest absolute Gasteiger partial charge is 0.255 e. The fourth-order valence-electron chi connectivity index (χ4n) is 2.57. The van der Waals surface area contributed by atoms with Crippen molar-refractivity contribution in [1.29, 1.82) is 0 Å². The Hall–Kier alpha value is -2.90. The number of aromatic nitrogens is 3. The number of anilines is 1. The minimum atomic E-state index is -0.250. The van der Waals surface area contributed by atoms with Crippen molar-refractivity contribution in [3.8, 4) is 0 Å². The van der Waals surface area contributed by atoms with E-state index in [0.717, 1.165) is 5.69 Å². The Balaban J connectivity index is 1.74. The summed E-state index contributed by atoms with van der Waals surface area (Å²) in [6.07, 6.45) is 4.88. The van der Waals surface area contributed by atoms with E-state index in [-0.39, 0.29) is 23.9 Å². The molecule has 23 heavy (non-hydrogen) atoms. The molecule has 0 aromatic carbocycles. The third-order valence-electron chi connectivity index (χ3n) is 3.84. The molecule has 0 atom stereocenters. The normalized spacial score (nSPS) is 15.1. The van der Waals surface area contributed by atoms with E-state index in [4.69, 9.17) is 0 Å². The van der Waals surface area contributed by atoms with Crippen LogP contribution in [0.4, 0.5) is 5.69 Å². The molecule has 0 bridgehead atoms. The van der Waals surface area contributed by atoms with Crippen LogP contribution in [0.5, 0.6) is 0 Å². The summed E-state index contributed by atoms with van der Waals surface area (Å²) in [5.74, 6) is -0.401. The van der Waals surface area contributed by atoms with Gasteiger partial charge in [-0.1, -0.05) is 0 Å². The molecule has 2 aromatic heterocycles. The third kappa shape index (κ3) is 2.87. The van der Waals surface area contributed by atoms with Crippen molar-refractivity contribution < 1.29 is 9.59 Å². The largest absolute Gasteiger partial charge is 0.327 e. The number of amides is 2. The van der Waals surface area contributed by atoms with Crippen LogP contribution in [0, 0.1) is 0 Å². The molecule has 1 aliphatic heterocycles. The molecule has 2 aromatic rings. The Kier molecular flexibility index (Phi) is 3.73. The monoisotopic (exact) mass is 315 g/mol. The van der Waals surface area contributed by atoms with E-state index >= 15 is 0 Å². The van der Waals surface area contributed by atoms with Gasteiger partial charge in [0.1, 0.15) is 6.54 Å². The zero-order valence-corrected chi connectivity index (χ0v) is 13.0. The molecule has 0 aliphatic carbocycles. The second-order valence-corrected chi connectivity index (χ2v) is 5.51. The molecule has 1 aliphatic rings. The molecular formula is C15H17N5O3. The maximum atomic E-state index is 12.5. The van der Waals surface area contributed by atoms with Gasteiger partial charge in [0.15, 0.2) is 0 Å². The summed E-state index contributed by atoms with van der Waals surface area (Å²) < 4.78 is 2.98. The lowest BCUT2D eigenvalue weighted by molar-refractivity contribution is -0.120. The standard InChI is InChI=1S/C15H17N5O3/c1-17-8-11(3-4-13(17)21)15(23)19-5-6-20(14(22)10-19)12-7-16-18(2)9-12/h3-4,7-9H,5-6,10H2,1-2H3. The van der Waals surface area contributed by atoms with Gasteiger partial charge in [0.25, 0.3) is 5.91 Å². The van der Waals surface area contributed by atoms with Crippen LogP contribution < -0.4 is 10.5 Å². The van der Waals surface area contributed by atoms with Crippen molar-refractivity contribution in [3.05, 3.63) is 46.6 Å². The van der Waals surface area contributed by atoms with Crippen LogP contribution in [0.1, 0.15) is 10.4 Å². The molecule has 0 radical (unpaired) electrons. The molecule has 0 spiro atoms. The molecule has 0 N–H and O–H groups in total. The maximum absolute atomic E-state index is 12.5. The number of aryl methyl sites for hydroxylation is 2. The van der Waals surface area contributed by atoms with Crippen LogP contribution in [0.2, 0.25) is 0 Å². The Labute approximate surface area is 132 Å². The summed E-state index contributed by atoms with van der Waals surface area (Å²) in [6, 6.07) is 2.84. The van der Waals surface area contributed by atoms with Crippen LogP contribution in [-0.4, -0.2) is 50.7 Å². The highest BCUT2D eigenvalue weighted by Gasteiger charge is 2.29. The van der Waals surface area contributed by atoms with E-state index in [0.29, 0.717) is 18.7 Å². The summed E-state index contributed by atoms with van der Waals surface area (Å²) in [5, 5.41) is 4.06. The Bertz CT molecular complexity index is 823. The van der Waals surface area contributed by atoms with Crippen molar-refractivity contribution in [2.24, 2.45) is 14.1 Å². The Morgan fingerprint density at radius 2 is 1.91 bits per heavy atom. The van der Waals surface area contributed by atoms with Gasteiger partial charge >= 0.3 is 0 Å². The van der Waals surface area contributed by atoms with Crippen LogP contribution in [-0.2, 0) is 18.9 Å². The van der Waals surface area contributed by atoms with Gasteiger partial charge in [-0.15, -0.1) is 0 Å². The second-order valence-electron chi connectivity index (χ2n) is 5.51. The molecule has 0 unspecified atom stereocenters. The first kappa shape index (κ1) is 15.0. The lowest BCUT2D eigenvalue weighted by Crippen LogP contribution is -2.52. The molecule has 0 saturated carbocycles. The molecule has 120 valence electrons. The van der Waals surface area contributed by atoms with Gasteiger partial charge in [0.2, 0.25) is 11.5 Å². The lowest BCUT2D eigenvalue weighted by atomic mass is 10.2. The topological polar surface area (TPSA) is 80.4 Å². The predicted molar refractivity (Wildman–Crippen MR) is 83.1 cm³/mol. The van der Waals surface area contributed by atoms with Crippen molar-refractivity contribution in [1.82, 2.24) is 19.2 Å². The number of nitrogens with zero attached hydrogens (tertiary/aromatic N) is 5. The molecule has 8 heteroatoms. The second kappa shape index (κ2) is 5.71. The highest BCUT2D eigenvalue weighted by atomic mass is 16.2. The first-order chi connectivity index (χ1) is 11.0. The minimum absolute atomic E-state index is 0.0105. The summed E-state index contributed by atoms with van der Waals surface area (Å²) in [4.78, 5) is 39.3. The third-order valence-corrected chi connectivity index (χ3v) is 3.84. The molecule has 3 rings (SSSR count). The van der Waals surface area contributed by atoms with Crippen molar-refractivity contribution in [3.63, 3.8) is 0 Å². The average Bonchev–Trinajstić information content (AvgIpc) is 2.95. The van der Waals surface area contributed by atoms with E-state index in [9.17, 15) is 14.4 Å². The molecular weight excluding hydrogens is 298 g/mol. The molecule has 1 saturated heterocycles.